The minimum Gasteiger partial charge on any atom is -0.370 e. The summed E-state index contributed by atoms with van der Waals surface area (Å²) in [5.74, 6) is -1.12. The number of carbonyl (C=O) groups excluding carboxylic acids is 1. The van der Waals surface area contributed by atoms with Crippen molar-refractivity contribution in [3.05, 3.63) is 80.2 Å². The van der Waals surface area contributed by atoms with Crippen LogP contribution in [0.1, 0.15) is 33.4 Å². The van der Waals surface area contributed by atoms with E-state index in [-0.39, 0.29) is 59.7 Å². The zero-order valence-corrected chi connectivity index (χ0v) is 20.4. The van der Waals surface area contributed by atoms with Crippen molar-refractivity contribution < 1.29 is 27.1 Å². The van der Waals surface area contributed by atoms with Crippen LogP contribution < -0.4 is 5.43 Å². The van der Waals surface area contributed by atoms with Gasteiger partial charge < -0.3 is 19.6 Å². The van der Waals surface area contributed by atoms with Crippen molar-refractivity contribution in [2.24, 2.45) is 0 Å². The topological polar surface area (TPSA) is 105 Å². The lowest BCUT2D eigenvalue weighted by atomic mass is 10.0. The highest BCUT2D eigenvalue weighted by atomic mass is 35.5. The fraction of sp³-hybridized carbons (Fsp3) is 0.320. The number of amides is 1. The summed E-state index contributed by atoms with van der Waals surface area (Å²) in [6.45, 7) is 1.35. The first-order valence-electron chi connectivity index (χ1n) is 11.6. The average Bonchev–Trinajstić information content (AvgIpc) is 3.37. The molecule has 5 rings (SSSR count). The Bertz CT molecular complexity index is 1500. The van der Waals surface area contributed by atoms with E-state index in [2.05, 4.69) is 9.97 Å². The molecule has 8 nitrogen and oxygen atoms in total. The average molecular weight is 550 g/mol. The first-order chi connectivity index (χ1) is 18.0. The second kappa shape index (κ2) is 9.90. The predicted molar refractivity (Wildman–Crippen MR) is 128 cm³/mol. The van der Waals surface area contributed by atoms with Crippen molar-refractivity contribution in [3.63, 3.8) is 0 Å². The van der Waals surface area contributed by atoms with E-state index in [0.29, 0.717) is 18.2 Å². The SMILES string of the molecule is N#Cc1cc(-c2cc(F)cc(C(=O)N3CCN4C[C@@H](c5c[nH]c(C(F)(F)F)cc5=O)OC[C@@H]4C3)c2Cl)c[nH]1. The van der Waals surface area contributed by atoms with Crippen LogP contribution in [0.15, 0.2) is 41.5 Å². The number of ether oxygens (including phenoxy) is 1. The monoisotopic (exact) mass is 549 g/mol. The summed E-state index contributed by atoms with van der Waals surface area (Å²) in [7, 11) is 0. The molecule has 2 saturated heterocycles. The van der Waals surface area contributed by atoms with Crippen LogP contribution in [0.3, 0.4) is 0 Å². The Balaban J connectivity index is 1.30. The number of H-pyrrole nitrogens is 2. The fourth-order valence-corrected chi connectivity index (χ4v) is 5.09. The second-order valence-corrected chi connectivity index (χ2v) is 9.49. The maximum Gasteiger partial charge on any atom is 0.431 e. The van der Waals surface area contributed by atoms with E-state index in [9.17, 15) is 27.2 Å². The van der Waals surface area contributed by atoms with Crippen molar-refractivity contribution in [1.82, 2.24) is 19.8 Å². The zero-order valence-electron chi connectivity index (χ0n) is 19.6. The molecule has 38 heavy (non-hydrogen) atoms. The van der Waals surface area contributed by atoms with Gasteiger partial charge in [-0.25, -0.2) is 4.39 Å². The summed E-state index contributed by atoms with van der Waals surface area (Å²) in [5, 5.41) is 9.10. The summed E-state index contributed by atoms with van der Waals surface area (Å²) in [6, 6.07) is 6.01. The molecule has 0 unspecified atom stereocenters. The third-order valence-corrected chi connectivity index (χ3v) is 7.17. The number of fused-ring (bicyclic) bond motifs is 1. The number of piperazine rings is 1. The molecule has 0 radical (unpaired) electrons. The molecule has 2 N–H and O–H groups in total. The summed E-state index contributed by atoms with van der Waals surface area (Å²) >= 11 is 6.51. The Morgan fingerprint density at radius 3 is 2.61 bits per heavy atom. The van der Waals surface area contributed by atoms with Crippen LogP contribution in [-0.4, -0.2) is 64.5 Å². The van der Waals surface area contributed by atoms with E-state index in [1.165, 1.54) is 23.2 Å². The van der Waals surface area contributed by atoms with Gasteiger partial charge in [0, 0.05) is 61.3 Å². The van der Waals surface area contributed by atoms with Gasteiger partial charge in [-0.2, -0.15) is 18.4 Å². The number of halogens is 5. The molecular weight excluding hydrogens is 530 g/mol. The van der Waals surface area contributed by atoms with Gasteiger partial charge in [-0.15, -0.1) is 0 Å². The quantitative estimate of drug-likeness (QED) is 0.481. The number of pyridine rings is 1. The number of aromatic amines is 2. The summed E-state index contributed by atoms with van der Waals surface area (Å²) in [6.07, 6.45) is -2.85. The first-order valence-corrected chi connectivity index (χ1v) is 12.0. The van der Waals surface area contributed by atoms with Crippen LogP contribution in [0.4, 0.5) is 17.6 Å². The molecule has 0 spiro atoms. The van der Waals surface area contributed by atoms with Crippen LogP contribution >= 0.6 is 11.6 Å². The molecule has 4 heterocycles. The third kappa shape index (κ3) is 4.92. The Labute approximate surface area is 218 Å². The van der Waals surface area contributed by atoms with E-state index in [0.717, 1.165) is 12.3 Å². The van der Waals surface area contributed by atoms with Gasteiger partial charge in [-0.3, -0.25) is 14.5 Å². The van der Waals surface area contributed by atoms with Gasteiger partial charge >= 0.3 is 6.18 Å². The zero-order chi connectivity index (χ0) is 27.2. The number of carbonyl (C=O) groups is 1. The molecule has 0 bridgehead atoms. The van der Waals surface area contributed by atoms with Crippen molar-refractivity contribution >= 4 is 17.5 Å². The molecule has 3 aromatic rings. The molecule has 2 aliphatic rings. The van der Waals surface area contributed by atoms with Gasteiger partial charge in [0.05, 0.1) is 23.2 Å². The van der Waals surface area contributed by atoms with Crippen LogP contribution in [0.25, 0.3) is 11.1 Å². The predicted octanol–water partition coefficient (Wildman–Crippen LogP) is 3.95. The molecule has 1 amide bonds. The van der Waals surface area contributed by atoms with Gasteiger partial charge in [-0.05, 0) is 18.2 Å². The van der Waals surface area contributed by atoms with Gasteiger partial charge in [0.15, 0.2) is 5.43 Å². The molecule has 1 aromatic carbocycles. The van der Waals surface area contributed by atoms with Crippen molar-refractivity contribution in [2.45, 2.75) is 18.3 Å². The number of aromatic nitrogens is 2. The summed E-state index contributed by atoms with van der Waals surface area (Å²) in [4.78, 5) is 34.1. The van der Waals surface area contributed by atoms with Gasteiger partial charge in [0.25, 0.3) is 5.91 Å². The number of rotatable bonds is 3. The molecule has 13 heteroatoms. The van der Waals surface area contributed by atoms with Gasteiger partial charge in [0.2, 0.25) is 0 Å². The van der Waals surface area contributed by atoms with Crippen molar-refractivity contribution in [2.75, 3.05) is 32.8 Å². The number of nitrogens with one attached hydrogen (secondary N) is 2. The fourth-order valence-electron chi connectivity index (χ4n) is 4.79. The maximum atomic E-state index is 14.5. The highest BCUT2D eigenvalue weighted by Gasteiger charge is 2.38. The van der Waals surface area contributed by atoms with Crippen molar-refractivity contribution in [1.29, 1.82) is 5.26 Å². The first kappa shape index (κ1) is 26.0. The number of alkyl halides is 3. The standard InChI is InChI=1S/C25H20ClF4N5O3/c26-23-17(13-3-15(7-31)32-8-13)4-14(27)5-18(23)24(37)35-2-1-34-11-21(38-12-16(34)10-35)19-9-33-22(6-20(19)36)25(28,29)30/h3-6,8-9,16,21,32H,1-2,10-12H2,(H,33,36)/t16-,21-/m0/s1. The van der Waals surface area contributed by atoms with Crippen LogP contribution in [0.2, 0.25) is 5.02 Å². The normalized spacial score (nSPS) is 20.2. The number of hydrogen-bond acceptors (Lipinski definition) is 5. The number of hydrogen-bond donors (Lipinski definition) is 2. The molecule has 0 aliphatic carbocycles. The molecule has 2 aliphatic heterocycles. The lowest BCUT2D eigenvalue weighted by Gasteiger charge is -2.46. The molecular formula is C25H20ClF4N5O3. The van der Waals surface area contributed by atoms with Crippen LogP contribution in [-0.2, 0) is 10.9 Å². The van der Waals surface area contributed by atoms with E-state index < -0.39 is 35.1 Å². The molecule has 198 valence electrons. The highest BCUT2D eigenvalue weighted by molar-refractivity contribution is 6.36. The van der Waals surface area contributed by atoms with E-state index >= 15 is 0 Å². The number of benzene rings is 1. The lowest BCUT2D eigenvalue weighted by Crippen LogP contribution is -2.59. The Morgan fingerprint density at radius 2 is 1.92 bits per heavy atom. The van der Waals surface area contributed by atoms with Crippen LogP contribution in [0.5, 0.6) is 0 Å². The largest absolute Gasteiger partial charge is 0.431 e. The number of nitriles is 1. The smallest absolute Gasteiger partial charge is 0.370 e. The van der Waals surface area contributed by atoms with Gasteiger partial charge in [0.1, 0.15) is 29.4 Å². The van der Waals surface area contributed by atoms with E-state index in [4.69, 9.17) is 21.6 Å². The Morgan fingerprint density at radius 1 is 1.13 bits per heavy atom. The maximum absolute atomic E-state index is 14.5. The molecule has 0 saturated carbocycles. The Kier molecular flexibility index (Phi) is 6.77. The number of morpholine rings is 1. The van der Waals surface area contributed by atoms with Crippen LogP contribution in [0, 0.1) is 17.1 Å². The third-order valence-electron chi connectivity index (χ3n) is 6.76. The minimum absolute atomic E-state index is 0.0132. The number of nitrogens with zero attached hydrogens (tertiary/aromatic N) is 3. The highest BCUT2D eigenvalue weighted by Crippen LogP contribution is 2.34. The minimum atomic E-state index is -4.66. The summed E-state index contributed by atoms with van der Waals surface area (Å²) in [5.41, 5.74) is -0.813. The molecule has 2 atom stereocenters. The van der Waals surface area contributed by atoms with E-state index in [1.54, 1.807) is 0 Å². The lowest BCUT2D eigenvalue weighted by molar-refractivity contribution is -0.141. The second-order valence-electron chi connectivity index (χ2n) is 9.11. The molecule has 2 fully saturated rings. The van der Waals surface area contributed by atoms with E-state index in [1.807, 2.05) is 11.0 Å². The summed E-state index contributed by atoms with van der Waals surface area (Å²) < 4.78 is 58.9. The van der Waals surface area contributed by atoms with Crippen molar-refractivity contribution in [3.8, 4) is 17.2 Å². The van der Waals surface area contributed by atoms with Gasteiger partial charge in [-0.1, -0.05) is 11.6 Å². The Hall–Kier alpha value is -3.66. The molecule has 2 aromatic heterocycles.